The van der Waals surface area contributed by atoms with Gasteiger partial charge in [-0.05, 0) is 55.3 Å². The summed E-state index contributed by atoms with van der Waals surface area (Å²) in [7, 11) is 0. The molecule has 11 heteroatoms. The molecule has 182 valence electrons. The Morgan fingerprint density at radius 3 is 2.32 bits per heavy atom. The van der Waals surface area contributed by atoms with Crippen LogP contribution < -0.4 is 10.6 Å². The fraction of sp³-hybridized carbons (Fsp3) is 0.348. The van der Waals surface area contributed by atoms with Gasteiger partial charge in [0.2, 0.25) is 11.8 Å². The van der Waals surface area contributed by atoms with Gasteiger partial charge in [0.25, 0.3) is 5.60 Å². The van der Waals surface area contributed by atoms with Gasteiger partial charge in [0, 0.05) is 47.1 Å². The van der Waals surface area contributed by atoms with Crippen LogP contribution in [0.25, 0.3) is 0 Å². The first-order valence-corrected chi connectivity index (χ1v) is 11.2. The number of nitrogens with zero attached hydrogens (tertiary/aromatic N) is 1. The lowest BCUT2D eigenvalue weighted by Gasteiger charge is -2.29. The third-order valence-corrected chi connectivity index (χ3v) is 5.74. The number of benzene rings is 2. The Bertz CT molecular complexity index is 1120. The minimum Gasteiger partial charge on any atom is -0.374 e. The second kappa shape index (κ2) is 10.2. The molecule has 0 saturated carbocycles. The molecule has 1 aliphatic heterocycles. The van der Waals surface area contributed by atoms with Gasteiger partial charge < -0.3 is 15.5 Å². The number of carbonyl (C=O) groups is 2. The van der Waals surface area contributed by atoms with Gasteiger partial charge in [0.1, 0.15) is 0 Å². The number of rotatable bonds is 7. The molecule has 2 N–H and O–H groups in total. The topological polar surface area (TPSA) is 79.8 Å². The minimum atomic E-state index is -4.79. The number of amides is 2. The molecule has 0 bridgehead atoms. The number of halogens is 5. The Morgan fingerprint density at radius 2 is 1.74 bits per heavy atom. The van der Waals surface area contributed by atoms with Crippen molar-refractivity contribution in [2.45, 2.75) is 44.9 Å². The summed E-state index contributed by atoms with van der Waals surface area (Å²) >= 11 is 11.9. The van der Waals surface area contributed by atoms with Crippen LogP contribution in [0.15, 0.2) is 41.6 Å². The van der Waals surface area contributed by atoms with E-state index < -0.39 is 18.2 Å². The molecule has 0 aliphatic carbocycles. The molecule has 3 rings (SSSR count). The van der Waals surface area contributed by atoms with Gasteiger partial charge in [-0.25, -0.2) is 0 Å². The third kappa shape index (κ3) is 5.64. The summed E-state index contributed by atoms with van der Waals surface area (Å²) in [5.41, 5.74) is -1.38. The zero-order chi connectivity index (χ0) is 25.1. The smallest absolute Gasteiger partial charge is 0.374 e. The summed E-state index contributed by atoms with van der Waals surface area (Å²) in [6.07, 6.45) is -5.31. The van der Waals surface area contributed by atoms with E-state index in [0.717, 1.165) is 12.1 Å². The van der Waals surface area contributed by atoms with E-state index in [1.54, 1.807) is 32.0 Å². The number of anilines is 1. The molecule has 0 aromatic heterocycles. The van der Waals surface area contributed by atoms with Crippen LogP contribution in [-0.2, 0) is 20.0 Å². The number of carbonyl (C=O) groups excluding carboxylic acids is 2. The van der Waals surface area contributed by atoms with E-state index in [1.807, 2.05) is 0 Å². The maximum Gasteiger partial charge on any atom is 0.435 e. The van der Waals surface area contributed by atoms with Crippen molar-refractivity contribution < 1.29 is 27.6 Å². The van der Waals surface area contributed by atoms with Gasteiger partial charge in [-0.1, -0.05) is 34.4 Å². The summed E-state index contributed by atoms with van der Waals surface area (Å²) in [5, 5.41) is 9.15. The van der Waals surface area contributed by atoms with Crippen molar-refractivity contribution >= 4 is 46.4 Å². The third-order valence-electron chi connectivity index (χ3n) is 5.30. The largest absolute Gasteiger partial charge is 0.435 e. The van der Waals surface area contributed by atoms with Gasteiger partial charge in [-0.2, -0.15) is 13.2 Å². The van der Waals surface area contributed by atoms with Crippen LogP contribution in [0.2, 0.25) is 10.0 Å². The summed E-state index contributed by atoms with van der Waals surface area (Å²) < 4.78 is 42.5. The standard InChI is InChI=1S/C23H22Cl2F3N3O3/c1-3-29-20(32)6-7-21(33)30-18-5-4-14(8-13(18)2)19-12-22(34-31-19,23(26,27)28)15-9-16(24)11-17(25)10-15/h4-5,8-11H,3,6-7,12H2,1-2H3,(H,29,32)(H,30,33). The van der Waals surface area contributed by atoms with Crippen molar-refractivity contribution in [2.75, 3.05) is 11.9 Å². The normalized spacial score (nSPS) is 17.7. The van der Waals surface area contributed by atoms with Crippen LogP contribution in [0.5, 0.6) is 0 Å². The highest BCUT2D eigenvalue weighted by Gasteiger charge is 2.62. The van der Waals surface area contributed by atoms with Gasteiger partial charge in [0.05, 0.1) is 5.71 Å². The molecule has 6 nitrogen and oxygen atoms in total. The summed E-state index contributed by atoms with van der Waals surface area (Å²) in [6.45, 7) is 3.97. The zero-order valence-electron chi connectivity index (χ0n) is 18.4. The maximum atomic E-state index is 14.2. The van der Waals surface area contributed by atoms with Crippen molar-refractivity contribution in [3.8, 4) is 0 Å². The molecule has 2 aromatic rings. The van der Waals surface area contributed by atoms with Crippen LogP contribution >= 0.6 is 23.2 Å². The molecule has 2 aromatic carbocycles. The lowest BCUT2D eigenvalue weighted by Crippen LogP contribution is -2.42. The average Bonchev–Trinajstić information content (AvgIpc) is 3.20. The fourth-order valence-electron chi connectivity index (χ4n) is 3.55. The number of alkyl halides is 3. The molecular formula is C23H22Cl2F3N3O3. The van der Waals surface area contributed by atoms with Crippen molar-refractivity contribution in [3.05, 3.63) is 63.1 Å². The van der Waals surface area contributed by atoms with E-state index in [0.29, 0.717) is 23.4 Å². The van der Waals surface area contributed by atoms with Crippen LogP contribution in [0, 0.1) is 6.92 Å². The van der Waals surface area contributed by atoms with Crippen LogP contribution in [0.1, 0.15) is 42.9 Å². The Labute approximate surface area is 204 Å². The number of hydrogen-bond acceptors (Lipinski definition) is 4. The first-order valence-electron chi connectivity index (χ1n) is 10.4. The van der Waals surface area contributed by atoms with Crippen molar-refractivity contribution in [1.29, 1.82) is 0 Å². The van der Waals surface area contributed by atoms with Crippen molar-refractivity contribution in [3.63, 3.8) is 0 Å². The number of hydrogen-bond donors (Lipinski definition) is 2. The second-order valence-electron chi connectivity index (χ2n) is 7.82. The highest BCUT2D eigenvalue weighted by Crippen LogP contribution is 2.49. The second-order valence-corrected chi connectivity index (χ2v) is 8.69. The summed E-state index contributed by atoms with van der Waals surface area (Å²) in [4.78, 5) is 28.7. The van der Waals surface area contributed by atoms with E-state index in [2.05, 4.69) is 15.8 Å². The predicted molar refractivity (Wildman–Crippen MR) is 124 cm³/mol. The zero-order valence-corrected chi connectivity index (χ0v) is 19.9. The molecule has 34 heavy (non-hydrogen) atoms. The summed E-state index contributed by atoms with van der Waals surface area (Å²) in [5.74, 6) is -0.573. The molecule has 1 unspecified atom stereocenters. The van der Waals surface area contributed by atoms with E-state index >= 15 is 0 Å². The van der Waals surface area contributed by atoms with E-state index in [-0.39, 0.29) is 46.0 Å². The van der Waals surface area contributed by atoms with Crippen molar-refractivity contribution in [1.82, 2.24) is 5.32 Å². The highest BCUT2D eigenvalue weighted by atomic mass is 35.5. The van der Waals surface area contributed by atoms with Crippen LogP contribution in [0.4, 0.5) is 18.9 Å². The average molecular weight is 516 g/mol. The van der Waals surface area contributed by atoms with Gasteiger partial charge in [-0.3, -0.25) is 9.59 Å². The van der Waals surface area contributed by atoms with E-state index in [9.17, 15) is 22.8 Å². The number of aryl methyl sites for hydroxylation is 1. The lowest BCUT2D eigenvalue weighted by atomic mass is 9.86. The van der Waals surface area contributed by atoms with Gasteiger partial charge in [0.15, 0.2) is 0 Å². The predicted octanol–water partition coefficient (Wildman–Crippen LogP) is 5.74. The molecule has 2 amide bonds. The lowest BCUT2D eigenvalue weighted by molar-refractivity contribution is -0.275. The Hall–Kier alpha value is -2.78. The quantitative estimate of drug-likeness (QED) is 0.493. The molecule has 0 radical (unpaired) electrons. The minimum absolute atomic E-state index is 0.00384. The first kappa shape index (κ1) is 25.8. The molecular weight excluding hydrogens is 494 g/mol. The Kier molecular flexibility index (Phi) is 7.77. The molecule has 0 fully saturated rings. The summed E-state index contributed by atoms with van der Waals surface area (Å²) in [6, 6.07) is 8.38. The van der Waals surface area contributed by atoms with Crippen LogP contribution in [0.3, 0.4) is 0 Å². The monoisotopic (exact) mass is 515 g/mol. The highest BCUT2D eigenvalue weighted by molar-refractivity contribution is 6.34. The first-order chi connectivity index (χ1) is 15.9. The van der Waals surface area contributed by atoms with Gasteiger partial charge in [-0.15, -0.1) is 0 Å². The maximum absolute atomic E-state index is 14.2. The molecule has 0 saturated heterocycles. The van der Waals surface area contributed by atoms with Crippen LogP contribution in [-0.4, -0.2) is 30.2 Å². The van der Waals surface area contributed by atoms with Crippen molar-refractivity contribution in [2.24, 2.45) is 5.16 Å². The number of oxime groups is 1. The SMILES string of the molecule is CCNC(=O)CCC(=O)Nc1ccc(C2=NOC(c3cc(Cl)cc(Cl)c3)(C(F)(F)F)C2)cc1C. The molecule has 1 atom stereocenters. The number of nitrogens with one attached hydrogen (secondary N) is 2. The fourth-order valence-corrected chi connectivity index (χ4v) is 4.08. The van der Waals surface area contributed by atoms with E-state index in [1.165, 1.54) is 6.07 Å². The molecule has 1 aliphatic rings. The molecule has 0 spiro atoms. The van der Waals surface area contributed by atoms with Gasteiger partial charge >= 0.3 is 6.18 Å². The van der Waals surface area contributed by atoms with E-state index in [4.69, 9.17) is 28.0 Å². The Morgan fingerprint density at radius 1 is 1.09 bits per heavy atom. The Balaban J connectivity index is 1.77. The molecule has 1 heterocycles.